The molecule has 0 radical (unpaired) electrons. The Hall–Kier alpha value is 0.0969. The van der Waals surface area contributed by atoms with Crippen LogP contribution in [0.3, 0.4) is 0 Å². The lowest BCUT2D eigenvalue weighted by Crippen LogP contribution is -2.39. The van der Waals surface area contributed by atoms with Gasteiger partial charge in [-0.1, -0.05) is 6.04 Å². The van der Waals surface area contributed by atoms with E-state index >= 15 is 0 Å². The summed E-state index contributed by atoms with van der Waals surface area (Å²) in [6, 6.07) is 1.35. The molecule has 16 heavy (non-hydrogen) atoms. The van der Waals surface area contributed by atoms with Crippen LogP contribution in [-0.2, 0) is 14.2 Å². The molecule has 0 spiro atoms. The minimum Gasteiger partial charge on any atom is -0.379 e. The molecule has 94 valence electrons. The van der Waals surface area contributed by atoms with E-state index < -0.39 is 0 Å². The van der Waals surface area contributed by atoms with E-state index in [-0.39, 0.29) is 14.7 Å². The van der Waals surface area contributed by atoms with Crippen LogP contribution in [-0.4, -0.2) is 47.3 Å². The third kappa shape index (κ3) is 4.53. The zero-order chi connectivity index (χ0) is 11.3. The van der Waals surface area contributed by atoms with Crippen molar-refractivity contribution in [3.05, 3.63) is 0 Å². The lowest BCUT2D eigenvalue weighted by molar-refractivity contribution is -0.00749. The molecule has 0 aliphatic carbocycles. The Balaban J connectivity index is 1.46. The Kier molecular flexibility index (Phi) is 4.82. The van der Waals surface area contributed by atoms with Crippen LogP contribution in [0.1, 0.15) is 32.6 Å². The van der Waals surface area contributed by atoms with Gasteiger partial charge in [0.2, 0.25) is 0 Å². The van der Waals surface area contributed by atoms with Gasteiger partial charge in [-0.3, -0.25) is 0 Å². The van der Waals surface area contributed by atoms with Crippen molar-refractivity contribution in [3.8, 4) is 0 Å². The molecule has 0 aromatic carbocycles. The molecule has 3 nitrogen and oxygen atoms in total. The predicted octanol–water partition coefficient (Wildman–Crippen LogP) is 1.30. The molecule has 2 aliphatic rings. The van der Waals surface area contributed by atoms with Crippen molar-refractivity contribution < 1.29 is 14.2 Å². The van der Waals surface area contributed by atoms with Crippen molar-refractivity contribution in [1.82, 2.24) is 0 Å². The Bertz CT molecular complexity index is 200. The molecular weight excluding hydrogens is 220 g/mol. The largest absolute Gasteiger partial charge is 0.379 e. The number of hydrogen-bond acceptors (Lipinski definition) is 3. The second-order valence-corrected chi connectivity index (χ2v) is 7.95. The molecule has 0 N–H and O–H groups in total. The molecule has 2 heterocycles. The summed E-state index contributed by atoms with van der Waals surface area (Å²) in [5, 5.41) is 0.290. The van der Waals surface area contributed by atoms with Gasteiger partial charge >= 0.3 is 0 Å². The van der Waals surface area contributed by atoms with Crippen LogP contribution in [0.2, 0.25) is 6.04 Å². The molecule has 0 aromatic heterocycles. The van der Waals surface area contributed by atoms with Crippen LogP contribution in [0.15, 0.2) is 0 Å². The van der Waals surface area contributed by atoms with E-state index in [1.165, 1.54) is 31.7 Å². The van der Waals surface area contributed by atoms with Gasteiger partial charge in [0, 0.05) is 18.4 Å². The first kappa shape index (κ1) is 12.6. The van der Waals surface area contributed by atoms with Gasteiger partial charge < -0.3 is 14.2 Å². The van der Waals surface area contributed by atoms with Crippen molar-refractivity contribution >= 4 is 9.52 Å². The first-order valence-electron chi connectivity index (χ1n) is 6.62. The zero-order valence-corrected chi connectivity index (χ0v) is 11.8. The summed E-state index contributed by atoms with van der Waals surface area (Å²) in [7, 11) is -0.0961. The van der Waals surface area contributed by atoms with Crippen LogP contribution in [0.5, 0.6) is 0 Å². The third-order valence-corrected chi connectivity index (χ3v) is 5.97. The van der Waals surface area contributed by atoms with Gasteiger partial charge in [0.15, 0.2) is 0 Å². The van der Waals surface area contributed by atoms with Gasteiger partial charge in [-0.05, 0) is 32.6 Å². The van der Waals surface area contributed by atoms with E-state index in [0.717, 1.165) is 26.4 Å². The highest BCUT2D eigenvalue weighted by Crippen LogP contribution is 2.24. The van der Waals surface area contributed by atoms with Gasteiger partial charge in [-0.2, -0.15) is 0 Å². The smallest absolute Gasteiger partial charge is 0.104 e. The van der Waals surface area contributed by atoms with E-state index in [1.807, 2.05) is 0 Å². The van der Waals surface area contributed by atoms with E-state index in [4.69, 9.17) is 14.2 Å². The summed E-state index contributed by atoms with van der Waals surface area (Å²) in [4.78, 5) is 0. The Morgan fingerprint density at radius 2 is 2.31 bits per heavy atom. The maximum absolute atomic E-state index is 5.92. The molecule has 2 fully saturated rings. The fourth-order valence-corrected chi connectivity index (χ4v) is 4.26. The first-order valence-corrected chi connectivity index (χ1v) is 8.33. The maximum Gasteiger partial charge on any atom is 0.104 e. The van der Waals surface area contributed by atoms with Crippen molar-refractivity contribution in [2.75, 3.05) is 26.4 Å². The van der Waals surface area contributed by atoms with Gasteiger partial charge in [0.05, 0.1) is 22.7 Å². The fourth-order valence-electron chi connectivity index (χ4n) is 2.27. The maximum atomic E-state index is 5.92. The molecule has 2 aliphatic heterocycles. The number of rotatable bonds is 7. The van der Waals surface area contributed by atoms with Crippen molar-refractivity contribution in [3.63, 3.8) is 0 Å². The summed E-state index contributed by atoms with van der Waals surface area (Å²) >= 11 is 0. The van der Waals surface area contributed by atoms with Gasteiger partial charge in [0.1, 0.15) is 6.10 Å². The second kappa shape index (κ2) is 6.14. The molecule has 2 rings (SSSR count). The number of hydrogen-bond donors (Lipinski definition) is 0. The SMILES string of the molecule is CC1([SiH2]CCCOCC2CO2)CCCCO1. The molecule has 0 saturated carbocycles. The van der Waals surface area contributed by atoms with Crippen LogP contribution < -0.4 is 0 Å². The van der Waals surface area contributed by atoms with Crippen molar-refractivity contribution in [1.29, 1.82) is 0 Å². The summed E-state index contributed by atoms with van der Waals surface area (Å²) in [5.74, 6) is 0. The standard InChI is InChI=1S/C12H24O3Si/c1-12(5-2-3-7-15-12)16-8-4-6-13-9-11-10-14-11/h11H,2-10,16H2,1H3. The third-order valence-electron chi connectivity index (χ3n) is 3.50. The monoisotopic (exact) mass is 244 g/mol. The van der Waals surface area contributed by atoms with Crippen LogP contribution >= 0.6 is 0 Å². The van der Waals surface area contributed by atoms with Crippen LogP contribution in [0.4, 0.5) is 0 Å². The highest BCUT2D eigenvalue weighted by atomic mass is 28.2. The highest BCUT2D eigenvalue weighted by molar-refractivity contribution is 6.39. The number of epoxide rings is 1. The highest BCUT2D eigenvalue weighted by Gasteiger charge is 2.27. The molecule has 4 heteroatoms. The summed E-state index contributed by atoms with van der Waals surface area (Å²) < 4.78 is 16.5. The number of ether oxygens (including phenoxy) is 3. The van der Waals surface area contributed by atoms with Crippen LogP contribution in [0, 0.1) is 0 Å². The Morgan fingerprint density at radius 3 is 3.00 bits per heavy atom. The molecule has 0 amide bonds. The average molecular weight is 244 g/mol. The molecule has 0 bridgehead atoms. The van der Waals surface area contributed by atoms with Gasteiger partial charge in [0.25, 0.3) is 0 Å². The lowest BCUT2D eigenvalue weighted by atomic mass is 10.1. The minimum absolute atomic E-state index is 0.0961. The quantitative estimate of drug-likeness (QED) is 0.384. The molecule has 2 atom stereocenters. The van der Waals surface area contributed by atoms with E-state index in [1.54, 1.807) is 0 Å². The normalized spacial score (nSPS) is 34.7. The van der Waals surface area contributed by atoms with E-state index in [2.05, 4.69) is 6.92 Å². The molecule has 2 unspecified atom stereocenters. The second-order valence-electron chi connectivity index (χ2n) is 5.24. The van der Waals surface area contributed by atoms with E-state index in [0.29, 0.717) is 6.10 Å². The first-order chi connectivity index (χ1) is 7.79. The average Bonchev–Trinajstić information content (AvgIpc) is 3.08. The lowest BCUT2D eigenvalue weighted by Gasteiger charge is -2.33. The molecule has 2 saturated heterocycles. The molecule has 0 aromatic rings. The fraction of sp³-hybridized carbons (Fsp3) is 1.00. The van der Waals surface area contributed by atoms with Gasteiger partial charge in [-0.25, -0.2) is 0 Å². The van der Waals surface area contributed by atoms with Crippen molar-refractivity contribution in [2.45, 2.75) is 50.0 Å². The van der Waals surface area contributed by atoms with Crippen LogP contribution in [0.25, 0.3) is 0 Å². The Labute approximate surface area is 101 Å². The Morgan fingerprint density at radius 1 is 1.44 bits per heavy atom. The van der Waals surface area contributed by atoms with E-state index in [9.17, 15) is 0 Å². The summed E-state index contributed by atoms with van der Waals surface area (Å²) in [6.07, 6.45) is 5.53. The predicted molar refractivity (Wildman–Crippen MR) is 66.7 cm³/mol. The summed E-state index contributed by atoms with van der Waals surface area (Å²) in [5.41, 5.74) is 0. The van der Waals surface area contributed by atoms with Crippen molar-refractivity contribution in [2.24, 2.45) is 0 Å². The zero-order valence-electron chi connectivity index (χ0n) is 10.4. The summed E-state index contributed by atoms with van der Waals surface area (Å²) in [6.45, 7) is 5.91. The van der Waals surface area contributed by atoms with Gasteiger partial charge in [-0.15, -0.1) is 0 Å². The topological polar surface area (TPSA) is 31.0 Å². The molecular formula is C12H24O3Si. The minimum atomic E-state index is -0.0961.